The van der Waals surface area contributed by atoms with Crippen LogP contribution in [0, 0.1) is 0 Å². The number of hydrogen-bond acceptors (Lipinski definition) is 11. The molecule has 0 aromatic heterocycles. The molecule has 0 radical (unpaired) electrons. The van der Waals surface area contributed by atoms with E-state index in [-0.39, 0.29) is 46.6 Å². The summed E-state index contributed by atoms with van der Waals surface area (Å²) < 4.78 is 17.3. The van der Waals surface area contributed by atoms with Crippen molar-refractivity contribution in [1.29, 1.82) is 0 Å². The number of nitrogens with two attached hydrogens (primary N) is 1. The highest BCUT2D eigenvalue weighted by atomic mass is 16.7. The van der Waals surface area contributed by atoms with Gasteiger partial charge in [-0.25, -0.2) is 0 Å². The van der Waals surface area contributed by atoms with Crippen molar-refractivity contribution in [3.63, 3.8) is 0 Å². The summed E-state index contributed by atoms with van der Waals surface area (Å²) in [6.45, 7) is 1.04. The number of carbonyl (C=O) groups excluding carboxylic acids is 2. The third kappa shape index (κ3) is 4.06. The highest BCUT2D eigenvalue weighted by Gasteiger charge is 2.49. The number of methoxy groups -OCH3 is 1. The number of carbonyl (C=O) groups is 2. The standard InChI is InChI=1S/C27H31NO10/c1-11-6-12(28)7-18(37-11)38-16-9-27(35,17(30)10-29)8-14-20(16)26(34)22-21(24(14)32)23(31)13-4-3-5-15(36-2)19(13)25(22)33/h3-5,11-12,16-18,29-30,32,34-35H,6-10,28H2,1-2H3/t11-,12+,16-,17?,18-,27-/m0/s1. The number of aliphatic hydroxyl groups excluding tert-OH is 2. The average Bonchev–Trinajstić information content (AvgIpc) is 2.87. The first-order valence-electron chi connectivity index (χ1n) is 12.5. The summed E-state index contributed by atoms with van der Waals surface area (Å²) in [4.78, 5) is 27.2. The lowest BCUT2D eigenvalue weighted by Crippen LogP contribution is -2.51. The maximum atomic E-state index is 13.6. The Hall–Kier alpha value is -3.06. The number of hydrogen-bond donors (Lipinski definition) is 6. The van der Waals surface area contributed by atoms with Crippen molar-refractivity contribution in [1.82, 2.24) is 0 Å². The number of aromatic hydroxyl groups is 2. The van der Waals surface area contributed by atoms with Gasteiger partial charge in [0.1, 0.15) is 23.4 Å². The molecule has 38 heavy (non-hydrogen) atoms. The van der Waals surface area contributed by atoms with Crippen LogP contribution in [0.1, 0.15) is 75.3 Å². The molecule has 6 atom stereocenters. The minimum Gasteiger partial charge on any atom is -0.507 e. The quantitative estimate of drug-likeness (QED) is 0.257. The van der Waals surface area contributed by atoms with Crippen LogP contribution in [-0.2, 0) is 15.9 Å². The Labute approximate surface area is 218 Å². The van der Waals surface area contributed by atoms with Gasteiger partial charge in [0.05, 0.1) is 48.2 Å². The molecule has 11 heteroatoms. The van der Waals surface area contributed by atoms with Crippen LogP contribution < -0.4 is 10.5 Å². The third-order valence-corrected chi connectivity index (χ3v) is 7.73. The Morgan fingerprint density at radius 1 is 1.13 bits per heavy atom. The van der Waals surface area contributed by atoms with Gasteiger partial charge in [0.2, 0.25) is 5.78 Å². The molecule has 7 N–H and O–H groups in total. The Kier molecular flexibility index (Phi) is 6.70. The van der Waals surface area contributed by atoms with Gasteiger partial charge >= 0.3 is 0 Å². The van der Waals surface area contributed by atoms with Gasteiger partial charge < -0.3 is 45.5 Å². The maximum absolute atomic E-state index is 13.6. The van der Waals surface area contributed by atoms with Crippen molar-refractivity contribution in [2.75, 3.05) is 13.7 Å². The summed E-state index contributed by atoms with van der Waals surface area (Å²) in [7, 11) is 1.35. The lowest BCUT2D eigenvalue weighted by Gasteiger charge is -2.43. The normalized spacial score (nSPS) is 29.3. The predicted molar refractivity (Wildman–Crippen MR) is 131 cm³/mol. The number of ketones is 2. The SMILES string of the molecule is COc1cccc2c1C(=O)c1c(O)c3c(c(O)c1C2=O)C[C@@](O)(C(O)CO)C[C@@H]3O[C@H]1C[C@H](N)C[C@H](C)O1. The molecule has 0 spiro atoms. The number of phenols is 2. The second kappa shape index (κ2) is 9.60. The summed E-state index contributed by atoms with van der Waals surface area (Å²) in [5.74, 6) is -2.50. The number of benzene rings is 2. The smallest absolute Gasteiger partial charge is 0.202 e. The zero-order valence-corrected chi connectivity index (χ0v) is 21.0. The molecule has 1 saturated heterocycles. The molecule has 2 aromatic carbocycles. The van der Waals surface area contributed by atoms with E-state index in [4.69, 9.17) is 19.9 Å². The summed E-state index contributed by atoms with van der Waals surface area (Å²) >= 11 is 0. The molecule has 2 aliphatic carbocycles. The van der Waals surface area contributed by atoms with E-state index in [2.05, 4.69) is 0 Å². The lowest BCUT2D eigenvalue weighted by atomic mass is 9.71. The van der Waals surface area contributed by atoms with Crippen LogP contribution in [0.2, 0.25) is 0 Å². The zero-order valence-electron chi connectivity index (χ0n) is 21.0. The molecule has 0 amide bonds. The highest BCUT2D eigenvalue weighted by molar-refractivity contribution is 6.31. The van der Waals surface area contributed by atoms with Gasteiger partial charge in [-0.05, 0) is 19.4 Å². The Morgan fingerprint density at radius 2 is 1.84 bits per heavy atom. The number of aliphatic hydroxyl groups is 3. The van der Waals surface area contributed by atoms with Crippen molar-refractivity contribution >= 4 is 11.6 Å². The van der Waals surface area contributed by atoms with Gasteiger partial charge in [0.25, 0.3) is 0 Å². The predicted octanol–water partition coefficient (Wildman–Crippen LogP) is 0.822. The maximum Gasteiger partial charge on any atom is 0.202 e. The number of rotatable bonds is 5. The Morgan fingerprint density at radius 3 is 2.50 bits per heavy atom. The topological polar surface area (TPSA) is 189 Å². The van der Waals surface area contributed by atoms with E-state index in [9.17, 15) is 35.1 Å². The summed E-state index contributed by atoms with van der Waals surface area (Å²) in [6.07, 6.45) is -3.73. The summed E-state index contributed by atoms with van der Waals surface area (Å²) in [5, 5.41) is 54.3. The molecule has 0 bridgehead atoms. The molecule has 3 aliphatic rings. The second-order valence-corrected chi connectivity index (χ2v) is 10.3. The average molecular weight is 530 g/mol. The molecule has 204 valence electrons. The molecule has 2 aromatic rings. The molecule has 11 nitrogen and oxygen atoms in total. The van der Waals surface area contributed by atoms with Crippen LogP contribution in [0.15, 0.2) is 18.2 Å². The third-order valence-electron chi connectivity index (χ3n) is 7.73. The van der Waals surface area contributed by atoms with Gasteiger partial charge in [-0.1, -0.05) is 12.1 Å². The zero-order chi connectivity index (χ0) is 27.5. The van der Waals surface area contributed by atoms with E-state index < -0.39 is 71.3 Å². The molecular formula is C27H31NO10. The van der Waals surface area contributed by atoms with Crippen molar-refractivity contribution in [3.05, 3.63) is 51.6 Å². The fourth-order valence-corrected chi connectivity index (χ4v) is 5.90. The largest absolute Gasteiger partial charge is 0.507 e. The van der Waals surface area contributed by atoms with Gasteiger partial charge in [-0.3, -0.25) is 9.59 Å². The molecule has 1 unspecified atom stereocenters. The van der Waals surface area contributed by atoms with E-state index >= 15 is 0 Å². The number of ether oxygens (including phenoxy) is 3. The van der Waals surface area contributed by atoms with Crippen LogP contribution >= 0.6 is 0 Å². The van der Waals surface area contributed by atoms with Crippen LogP contribution in [-0.4, -0.2) is 81.0 Å². The van der Waals surface area contributed by atoms with Crippen molar-refractivity contribution < 1.29 is 49.3 Å². The Balaban J connectivity index is 1.69. The lowest BCUT2D eigenvalue weighted by molar-refractivity contribution is -0.231. The first-order chi connectivity index (χ1) is 18.0. The Bertz CT molecular complexity index is 1300. The molecule has 1 heterocycles. The fraction of sp³-hybridized carbons (Fsp3) is 0.481. The van der Waals surface area contributed by atoms with Gasteiger partial charge in [0.15, 0.2) is 12.1 Å². The van der Waals surface area contributed by atoms with Crippen LogP contribution in [0.5, 0.6) is 17.2 Å². The number of fused-ring (bicyclic) bond motifs is 3. The molecule has 1 aliphatic heterocycles. The van der Waals surface area contributed by atoms with E-state index in [1.165, 1.54) is 25.3 Å². The first-order valence-corrected chi connectivity index (χ1v) is 12.5. The van der Waals surface area contributed by atoms with E-state index in [0.717, 1.165) is 0 Å². The van der Waals surface area contributed by atoms with Crippen LogP contribution in [0.25, 0.3) is 0 Å². The molecular weight excluding hydrogens is 498 g/mol. The first kappa shape index (κ1) is 26.5. The number of phenolic OH excluding ortho intramolecular Hbond substituents is 2. The van der Waals surface area contributed by atoms with Gasteiger partial charge in [0, 0.05) is 42.0 Å². The second-order valence-electron chi connectivity index (χ2n) is 10.3. The highest BCUT2D eigenvalue weighted by Crippen LogP contribution is 2.52. The van der Waals surface area contributed by atoms with Crippen LogP contribution in [0.4, 0.5) is 0 Å². The summed E-state index contributed by atoms with van der Waals surface area (Å²) in [6, 6.07) is 4.22. The van der Waals surface area contributed by atoms with Gasteiger partial charge in [-0.15, -0.1) is 0 Å². The van der Waals surface area contributed by atoms with Crippen LogP contribution in [0.3, 0.4) is 0 Å². The summed E-state index contributed by atoms with van der Waals surface area (Å²) in [5.41, 5.74) is 3.17. The van der Waals surface area contributed by atoms with E-state index in [1.54, 1.807) is 0 Å². The monoisotopic (exact) mass is 529 g/mol. The molecule has 1 fully saturated rings. The minimum absolute atomic E-state index is 0.00837. The van der Waals surface area contributed by atoms with Crippen molar-refractivity contribution in [2.24, 2.45) is 5.73 Å². The van der Waals surface area contributed by atoms with Gasteiger partial charge in [-0.2, -0.15) is 0 Å². The molecule has 5 rings (SSSR count). The van der Waals surface area contributed by atoms with Crippen molar-refractivity contribution in [2.45, 2.75) is 68.9 Å². The van der Waals surface area contributed by atoms with E-state index in [1.807, 2.05) is 6.92 Å². The molecule has 0 saturated carbocycles. The fourth-order valence-electron chi connectivity index (χ4n) is 5.90. The minimum atomic E-state index is -1.99. The van der Waals surface area contributed by atoms with Crippen molar-refractivity contribution in [3.8, 4) is 17.2 Å². The van der Waals surface area contributed by atoms with E-state index in [0.29, 0.717) is 12.8 Å².